The van der Waals surface area contributed by atoms with E-state index in [1.165, 1.54) is 0 Å². The van der Waals surface area contributed by atoms with Gasteiger partial charge in [0.15, 0.2) is 10.5 Å². The highest BCUT2D eigenvalue weighted by Crippen LogP contribution is 2.63. The molecule has 0 aliphatic carbocycles. The fourth-order valence-corrected chi connectivity index (χ4v) is 6.73. The van der Waals surface area contributed by atoms with Crippen LogP contribution in [0.15, 0.2) is 94.9 Å². The standard InChI is InChI=1S/C24H19N7O2S2/c1-6-19(25-8-1)31-23(17-4-2-13-32-17,21-26-10-11-27-21)20(16-7-9-29-30-16)33-24(31,18-5-3-14-34-18)22-28-12-15-35-22/h1-15,20,25H,(H,26,27)(H,29,30). The van der Waals surface area contributed by atoms with Crippen molar-refractivity contribution in [2.24, 2.45) is 0 Å². The number of hydrogen-bond donors (Lipinski definition) is 3. The van der Waals surface area contributed by atoms with E-state index in [1.807, 2.05) is 59.6 Å². The zero-order valence-corrected chi connectivity index (χ0v) is 19.8. The molecule has 6 aromatic rings. The van der Waals surface area contributed by atoms with Crippen molar-refractivity contribution in [1.82, 2.24) is 30.1 Å². The molecule has 7 rings (SSSR count). The smallest absolute Gasteiger partial charge is 0.233 e. The van der Waals surface area contributed by atoms with E-state index in [4.69, 9.17) is 19.1 Å². The second-order valence-corrected chi connectivity index (χ2v) is 9.88. The molecule has 7 heterocycles. The lowest BCUT2D eigenvalue weighted by molar-refractivity contribution is -0.0256. The zero-order valence-electron chi connectivity index (χ0n) is 18.2. The molecular weight excluding hydrogens is 482 g/mol. The average molecular weight is 502 g/mol. The van der Waals surface area contributed by atoms with Gasteiger partial charge in [-0.15, -0.1) is 22.7 Å². The number of nitrogens with one attached hydrogen (secondary N) is 3. The van der Waals surface area contributed by atoms with Crippen LogP contribution in [0, 0.1) is 0 Å². The van der Waals surface area contributed by atoms with Crippen molar-refractivity contribution in [2.45, 2.75) is 17.4 Å². The summed E-state index contributed by atoms with van der Waals surface area (Å²) in [6.45, 7) is 0. The molecule has 1 saturated heterocycles. The molecule has 0 aromatic carbocycles. The maximum Gasteiger partial charge on any atom is 0.233 e. The van der Waals surface area contributed by atoms with E-state index in [0.717, 1.165) is 21.4 Å². The van der Waals surface area contributed by atoms with Crippen molar-refractivity contribution >= 4 is 28.5 Å². The van der Waals surface area contributed by atoms with Crippen LogP contribution in [0.1, 0.15) is 33.3 Å². The van der Waals surface area contributed by atoms with Crippen molar-refractivity contribution in [2.75, 3.05) is 4.90 Å². The second kappa shape index (κ2) is 7.80. The Labute approximate surface area is 207 Å². The van der Waals surface area contributed by atoms with E-state index in [9.17, 15) is 0 Å². The molecule has 174 valence electrons. The normalized spacial score (nSPS) is 24.3. The number of anilines is 1. The van der Waals surface area contributed by atoms with Gasteiger partial charge in [0.25, 0.3) is 0 Å². The van der Waals surface area contributed by atoms with Gasteiger partial charge in [-0.1, -0.05) is 6.07 Å². The van der Waals surface area contributed by atoms with Gasteiger partial charge < -0.3 is 19.1 Å². The Morgan fingerprint density at radius 2 is 1.91 bits per heavy atom. The quantitative estimate of drug-likeness (QED) is 0.296. The summed E-state index contributed by atoms with van der Waals surface area (Å²) >= 11 is 3.15. The van der Waals surface area contributed by atoms with Gasteiger partial charge >= 0.3 is 0 Å². The van der Waals surface area contributed by atoms with Gasteiger partial charge in [0.2, 0.25) is 5.72 Å². The highest BCUT2D eigenvalue weighted by molar-refractivity contribution is 7.11. The number of nitrogens with zero attached hydrogens (tertiary/aromatic N) is 4. The molecule has 1 aliphatic rings. The number of hydrogen-bond acceptors (Lipinski definition) is 8. The van der Waals surface area contributed by atoms with Gasteiger partial charge in [0.1, 0.15) is 23.5 Å². The van der Waals surface area contributed by atoms with Crippen LogP contribution in [0.25, 0.3) is 0 Å². The molecular formula is C24H19N7O2S2. The first-order valence-corrected chi connectivity index (χ1v) is 12.7. The summed E-state index contributed by atoms with van der Waals surface area (Å²) in [5.74, 6) is 2.15. The number of H-pyrrole nitrogens is 3. The maximum atomic E-state index is 7.26. The Hall–Kier alpha value is -3.93. The van der Waals surface area contributed by atoms with Gasteiger partial charge in [-0.3, -0.25) is 10.00 Å². The molecule has 0 saturated carbocycles. The van der Waals surface area contributed by atoms with E-state index in [0.29, 0.717) is 11.6 Å². The molecule has 3 atom stereocenters. The van der Waals surface area contributed by atoms with Crippen LogP contribution in [0.2, 0.25) is 0 Å². The molecule has 0 spiro atoms. The third-order valence-electron chi connectivity index (χ3n) is 6.30. The Morgan fingerprint density at radius 1 is 0.914 bits per heavy atom. The Bertz CT molecular complexity index is 1410. The summed E-state index contributed by atoms with van der Waals surface area (Å²) in [4.78, 5) is 19.5. The van der Waals surface area contributed by atoms with E-state index in [2.05, 4.69) is 31.1 Å². The fraction of sp³-hybridized carbons (Fsp3) is 0.125. The Morgan fingerprint density at radius 3 is 2.57 bits per heavy atom. The minimum absolute atomic E-state index is 0.600. The van der Waals surface area contributed by atoms with Crippen LogP contribution in [-0.2, 0) is 16.0 Å². The number of imidazole rings is 1. The zero-order chi connectivity index (χ0) is 23.3. The maximum absolute atomic E-state index is 7.26. The first-order valence-electron chi connectivity index (χ1n) is 10.9. The van der Waals surface area contributed by atoms with Gasteiger partial charge in [0, 0.05) is 36.4 Å². The van der Waals surface area contributed by atoms with Crippen LogP contribution >= 0.6 is 22.7 Å². The first kappa shape index (κ1) is 20.4. The number of furan rings is 1. The van der Waals surface area contributed by atoms with Crippen molar-refractivity contribution in [3.05, 3.63) is 118 Å². The average Bonchev–Trinajstić information content (AvgIpc) is 3.71. The van der Waals surface area contributed by atoms with Gasteiger partial charge in [0.05, 0.1) is 16.8 Å². The predicted molar refractivity (Wildman–Crippen MR) is 131 cm³/mol. The lowest BCUT2D eigenvalue weighted by atomic mass is 9.84. The van der Waals surface area contributed by atoms with Gasteiger partial charge in [-0.25, -0.2) is 9.97 Å². The molecule has 0 amide bonds. The summed E-state index contributed by atoms with van der Waals surface area (Å²) in [5.41, 5.74) is -1.37. The van der Waals surface area contributed by atoms with E-state index < -0.39 is 17.4 Å². The van der Waals surface area contributed by atoms with Crippen LogP contribution in [0.4, 0.5) is 5.82 Å². The first-order chi connectivity index (χ1) is 17.3. The van der Waals surface area contributed by atoms with Crippen LogP contribution in [-0.4, -0.2) is 30.1 Å². The number of aromatic amines is 3. The predicted octanol–water partition coefficient (Wildman–Crippen LogP) is 4.99. The van der Waals surface area contributed by atoms with Crippen LogP contribution in [0.3, 0.4) is 0 Å². The number of thiazole rings is 1. The number of rotatable bonds is 6. The highest BCUT2D eigenvalue weighted by atomic mass is 32.1. The fourth-order valence-electron chi connectivity index (χ4n) is 5.03. The summed E-state index contributed by atoms with van der Waals surface area (Å²) in [6, 6.07) is 13.8. The largest absolute Gasteiger partial charge is 0.466 e. The van der Waals surface area contributed by atoms with Gasteiger partial charge in [-0.2, -0.15) is 5.10 Å². The summed E-state index contributed by atoms with van der Waals surface area (Å²) < 4.78 is 13.4. The molecule has 3 N–H and O–H groups in total. The summed E-state index contributed by atoms with van der Waals surface area (Å²) in [5, 5.41) is 12.2. The molecule has 9 nitrogen and oxygen atoms in total. The molecule has 1 fully saturated rings. The third kappa shape index (κ3) is 2.74. The molecule has 1 aliphatic heterocycles. The van der Waals surface area contributed by atoms with Crippen molar-refractivity contribution in [1.29, 1.82) is 0 Å². The summed E-state index contributed by atoms with van der Waals surface area (Å²) in [6.07, 6.45) is 10.0. The second-order valence-electron chi connectivity index (χ2n) is 8.04. The Kier molecular flexibility index (Phi) is 4.56. The molecule has 0 bridgehead atoms. The molecule has 0 radical (unpaired) electrons. The Balaban J connectivity index is 1.65. The minimum Gasteiger partial charge on any atom is -0.466 e. The van der Waals surface area contributed by atoms with Crippen molar-refractivity contribution in [3.8, 4) is 0 Å². The summed E-state index contributed by atoms with van der Waals surface area (Å²) in [7, 11) is 0. The number of aromatic nitrogens is 6. The number of ether oxygens (including phenoxy) is 1. The number of thiophene rings is 1. The van der Waals surface area contributed by atoms with Gasteiger partial charge in [-0.05, 0) is 41.8 Å². The lowest BCUT2D eigenvalue weighted by Crippen LogP contribution is -2.54. The van der Waals surface area contributed by atoms with E-state index in [1.54, 1.807) is 47.5 Å². The lowest BCUT2D eigenvalue weighted by Gasteiger charge is -2.43. The monoisotopic (exact) mass is 501 g/mol. The molecule has 3 unspecified atom stereocenters. The van der Waals surface area contributed by atoms with Crippen LogP contribution in [0.5, 0.6) is 0 Å². The molecule has 6 aromatic heterocycles. The van der Waals surface area contributed by atoms with E-state index in [-0.39, 0.29) is 0 Å². The SMILES string of the molecule is c1c[nH]c(N2C(c3cccs3)(c3nccs3)OC(c3ccn[nH]3)C2(c2ncc[nH]2)c2ccco2)c1. The van der Waals surface area contributed by atoms with Crippen LogP contribution < -0.4 is 4.90 Å². The minimum atomic E-state index is -1.09. The van der Waals surface area contributed by atoms with Crippen molar-refractivity contribution in [3.63, 3.8) is 0 Å². The topological polar surface area (TPSA) is 112 Å². The highest BCUT2D eigenvalue weighted by Gasteiger charge is 2.70. The third-order valence-corrected chi connectivity index (χ3v) is 8.12. The van der Waals surface area contributed by atoms with Crippen molar-refractivity contribution < 1.29 is 9.15 Å². The van der Waals surface area contributed by atoms with E-state index >= 15 is 0 Å². The molecule has 35 heavy (non-hydrogen) atoms. The molecule has 11 heteroatoms.